The van der Waals surface area contributed by atoms with Gasteiger partial charge in [-0.3, -0.25) is 4.90 Å². The number of rotatable bonds is 2. The molecular formula is C13H20N2O. The summed E-state index contributed by atoms with van der Waals surface area (Å²) in [6.45, 7) is 8.20. The van der Waals surface area contributed by atoms with Crippen molar-refractivity contribution in [2.45, 2.75) is 25.9 Å². The van der Waals surface area contributed by atoms with Gasteiger partial charge in [-0.2, -0.15) is 0 Å². The van der Waals surface area contributed by atoms with Crippen molar-refractivity contribution >= 4 is 0 Å². The van der Waals surface area contributed by atoms with Crippen LogP contribution in [-0.2, 0) is 0 Å². The van der Waals surface area contributed by atoms with E-state index in [1.165, 1.54) is 19.6 Å². The molecule has 4 atom stereocenters. The second kappa shape index (κ2) is 3.90. The van der Waals surface area contributed by atoms with Crippen LogP contribution in [0.1, 0.15) is 25.6 Å². The predicted molar refractivity (Wildman–Crippen MR) is 63.1 cm³/mol. The van der Waals surface area contributed by atoms with E-state index in [0.29, 0.717) is 12.1 Å². The third kappa shape index (κ3) is 1.50. The fraction of sp³-hybridized carbons (Fsp3) is 0.692. The van der Waals surface area contributed by atoms with Gasteiger partial charge in [0.15, 0.2) is 0 Å². The van der Waals surface area contributed by atoms with Crippen LogP contribution < -0.4 is 5.32 Å². The summed E-state index contributed by atoms with van der Waals surface area (Å²) in [4.78, 5) is 2.59. The van der Waals surface area contributed by atoms with E-state index in [1.54, 1.807) is 6.26 Å². The van der Waals surface area contributed by atoms with E-state index in [2.05, 4.69) is 30.1 Å². The van der Waals surface area contributed by atoms with Crippen molar-refractivity contribution in [2.24, 2.45) is 11.8 Å². The van der Waals surface area contributed by atoms with E-state index >= 15 is 0 Å². The number of nitrogens with one attached hydrogen (secondary N) is 1. The van der Waals surface area contributed by atoms with Crippen LogP contribution in [0.2, 0.25) is 0 Å². The van der Waals surface area contributed by atoms with Crippen LogP contribution in [0.15, 0.2) is 22.8 Å². The van der Waals surface area contributed by atoms with Crippen LogP contribution in [-0.4, -0.2) is 30.6 Å². The summed E-state index contributed by atoms with van der Waals surface area (Å²) in [5, 5.41) is 3.50. The fourth-order valence-corrected chi connectivity index (χ4v) is 3.40. The molecule has 3 heteroatoms. The van der Waals surface area contributed by atoms with Crippen LogP contribution in [0.25, 0.3) is 0 Å². The van der Waals surface area contributed by atoms with E-state index in [4.69, 9.17) is 4.42 Å². The van der Waals surface area contributed by atoms with E-state index < -0.39 is 0 Å². The molecule has 0 saturated carbocycles. The normalized spacial score (nSPS) is 36.5. The molecule has 2 aliphatic rings. The van der Waals surface area contributed by atoms with Crippen molar-refractivity contribution in [1.82, 2.24) is 10.2 Å². The Labute approximate surface area is 96.8 Å². The van der Waals surface area contributed by atoms with E-state index in [9.17, 15) is 0 Å². The summed E-state index contributed by atoms with van der Waals surface area (Å²) in [6.07, 6.45) is 1.77. The second-order valence-corrected chi connectivity index (χ2v) is 5.21. The molecule has 3 nitrogen and oxygen atoms in total. The summed E-state index contributed by atoms with van der Waals surface area (Å²) < 4.78 is 5.52. The third-order valence-electron chi connectivity index (χ3n) is 4.43. The third-order valence-corrected chi connectivity index (χ3v) is 4.43. The van der Waals surface area contributed by atoms with Gasteiger partial charge >= 0.3 is 0 Å². The van der Waals surface area contributed by atoms with Crippen molar-refractivity contribution in [3.05, 3.63) is 24.2 Å². The molecule has 16 heavy (non-hydrogen) atoms. The zero-order chi connectivity index (χ0) is 11.1. The lowest BCUT2D eigenvalue weighted by molar-refractivity contribution is 0.163. The summed E-state index contributed by atoms with van der Waals surface area (Å²) in [5.74, 6) is 2.77. The summed E-state index contributed by atoms with van der Waals surface area (Å²) in [5.41, 5.74) is 0. The van der Waals surface area contributed by atoms with Crippen molar-refractivity contribution in [1.29, 1.82) is 0 Å². The lowest BCUT2D eigenvalue weighted by Crippen LogP contribution is -2.35. The first-order valence-corrected chi connectivity index (χ1v) is 6.27. The molecule has 2 saturated heterocycles. The Morgan fingerprint density at radius 3 is 3.06 bits per heavy atom. The van der Waals surface area contributed by atoms with Crippen LogP contribution >= 0.6 is 0 Å². The lowest BCUT2D eigenvalue weighted by Gasteiger charge is -2.29. The van der Waals surface area contributed by atoms with Gasteiger partial charge in [0.2, 0.25) is 0 Å². The van der Waals surface area contributed by atoms with Gasteiger partial charge in [-0.15, -0.1) is 0 Å². The highest BCUT2D eigenvalue weighted by atomic mass is 16.3. The minimum Gasteiger partial charge on any atom is -0.468 e. The Morgan fingerprint density at radius 2 is 2.38 bits per heavy atom. The molecule has 2 aliphatic heterocycles. The van der Waals surface area contributed by atoms with Crippen molar-refractivity contribution in [3.63, 3.8) is 0 Å². The molecular weight excluding hydrogens is 200 g/mol. The maximum Gasteiger partial charge on any atom is 0.120 e. The van der Waals surface area contributed by atoms with Crippen LogP contribution in [0, 0.1) is 11.8 Å². The number of likely N-dealkylation sites (tertiary alicyclic amines) is 1. The first-order chi connectivity index (χ1) is 7.77. The Bertz CT molecular complexity index is 349. The fourth-order valence-electron chi connectivity index (χ4n) is 3.40. The Kier molecular flexibility index (Phi) is 2.52. The first kappa shape index (κ1) is 10.4. The average Bonchev–Trinajstić information content (AvgIpc) is 2.95. The lowest BCUT2D eigenvalue weighted by atomic mass is 9.95. The molecule has 0 amide bonds. The van der Waals surface area contributed by atoms with Gasteiger partial charge in [0.1, 0.15) is 5.76 Å². The minimum absolute atomic E-state index is 0.413. The number of hydrogen-bond acceptors (Lipinski definition) is 3. The summed E-state index contributed by atoms with van der Waals surface area (Å²) in [7, 11) is 0. The Balaban J connectivity index is 1.77. The smallest absolute Gasteiger partial charge is 0.120 e. The topological polar surface area (TPSA) is 28.4 Å². The molecule has 1 N–H and O–H groups in total. The van der Waals surface area contributed by atoms with Gasteiger partial charge in [-0.05, 0) is 50.9 Å². The van der Waals surface area contributed by atoms with Crippen molar-refractivity contribution in [2.75, 3.05) is 19.6 Å². The maximum absolute atomic E-state index is 5.52. The van der Waals surface area contributed by atoms with Gasteiger partial charge < -0.3 is 9.73 Å². The molecule has 1 aromatic heterocycles. The summed E-state index contributed by atoms with van der Waals surface area (Å²) >= 11 is 0. The average molecular weight is 220 g/mol. The van der Waals surface area contributed by atoms with Crippen molar-refractivity contribution < 1.29 is 4.42 Å². The Hall–Kier alpha value is -0.800. The van der Waals surface area contributed by atoms with Crippen LogP contribution in [0.5, 0.6) is 0 Å². The number of fused-ring (bicyclic) bond motifs is 1. The highest BCUT2D eigenvalue weighted by molar-refractivity contribution is 5.07. The van der Waals surface area contributed by atoms with Crippen molar-refractivity contribution in [3.8, 4) is 0 Å². The molecule has 4 unspecified atom stereocenters. The van der Waals surface area contributed by atoms with Gasteiger partial charge in [0, 0.05) is 12.6 Å². The highest BCUT2D eigenvalue weighted by Crippen LogP contribution is 2.37. The number of furan rings is 1. The largest absolute Gasteiger partial charge is 0.468 e. The van der Waals surface area contributed by atoms with E-state index in [0.717, 1.165) is 17.6 Å². The minimum atomic E-state index is 0.413. The van der Waals surface area contributed by atoms with Gasteiger partial charge in [0.25, 0.3) is 0 Å². The zero-order valence-corrected chi connectivity index (χ0v) is 10.0. The monoisotopic (exact) mass is 220 g/mol. The second-order valence-electron chi connectivity index (χ2n) is 5.21. The van der Waals surface area contributed by atoms with Gasteiger partial charge in [-0.1, -0.05) is 0 Å². The van der Waals surface area contributed by atoms with Gasteiger partial charge in [0.05, 0.1) is 12.3 Å². The predicted octanol–water partition coefficient (Wildman–Crippen LogP) is 1.88. The quantitative estimate of drug-likeness (QED) is 0.825. The molecule has 0 aliphatic carbocycles. The van der Waals surface area contributed by atoms with Crippen LogP contribution in [0.4, 0.5) is 0 Å². The summed E-state index contributed by atoms with van der Waals surface area (Å²) in [6, 6.07) is 5.15. The molecule has 0 bridgehead atoms. The maximum atomic E-state index is 5.52. The highest BCUT2D eigenvalue weighted by Gasteiger charge is 2.43. The molecule has 0 aromatic carbocycles. The molecule has 2 fully saturated rings. The molecule has 3 heterocycles. The Morgan fingerprint density at radius 1 is 1.50 bits per heavy atom. The molecule has 1 aromatic rings. The SMILES string of the molecule is CC(c1ccco1)N1CC2CNCC2C1C. The number of hydrogen-bond donors (Lipinski definition) is 1. The van der Waals surface area contributed by atoms with E-state index in [1.807, 2.05) is 6.07 Å². The molecule has 3 rings (SSSR count). The van der Waals surface area contributed by atoms with Crippen LogP contribution in [0.3, 0.4) is 0 Å². The molecule has 0 radical (unpaired) electrons. The zero-order valence-electron chi connectivity index (χ0n) is 10.0. The standard InChI is InChI=1S/C13H20N2O/c1-9-12-7-14-6-11(12)8-15(9)10(2)13-4-3-5-16-13/h3-5,9-12,14H,6-8H2,1-2H3. The van der Waals surface area contributed by atoms with E-state index in [-0.39, 0.29) is 0 Å². The first-order valence-electron chi connectivity index (χ1n) is 6.27. The molecule has 0 spiro atoms. The van der Waals surface area contributed by atoms with Gasteiger partial charge in [-0.25, -0.2) is 0 Å². The molecule has 88 valence electrons. The number of nitrogens with zero attached hydrogens (tertiary/aromatic N) is 1.